The Bertz CT molecular complexity index is 937. The van der Waals surface area contributed by atoms with Gasteiger partial charge >= 0.3 is 0 Å². The van der Waals surface area contributed by atoms with E-state index >= 15 is 0 Å². The van der Waals surface area contributed by atoms with Gasteiger partial charge in [0.05, 0.1) is 34.9 Å². The van der Waals surface area contributed by atoms with Crippen molar-refractivity contribution in [3.8, 4) is 11.5 Å². The van der Waals surface area contributed by atoms with Crippen LogP contribution in [0.4, 0.5) is 5.95 Å². The molecule has 0 fully saturated rings. The van der Waals surface area contributed by atoms with Crippen molar-refractivity contribution in [2.45, 2.75) is 13.8 Å². The second kappa shape index (κ2) is 8.23. The van der Waals surface area contributed by atoms with Crippen molar-refractivity contribution in [2.24, 2.45) is 12.1 Å². The van der Waals surface area contributed by atoms with Gasteiger partial charge in [-0.3, -0.25) is 0 Å². The van der Waals surface area contributed by atoms with E-state index in [0.29, 0.717) is 30.7 Å². The summed E-state index contributed by atoms with van der Waals surface area (Å²) < 4.78 is 14.1. The molecule has 136 valence electrons. The zero-order valence-corrected chi connectivity index (χ0v) is 16.6. The lowest BCUT2D eigenvalue weighted by molar-refractivity contribution is 0.286. The molecule has 3 aromatic rings. The van der Waals surface area contributed by atoms with Crippen molar-refractivity contribution in [1.82, 2.24) is 9.55 Å². The van der Waals surface area contributed by atoms with Gasteiger partial charge in [-0.05, 0) is 59.6 Å². The van der Waals surface area contributed by atoms with Crippen molar-refractivity contribution in [3.63, 3.8) is 0 Å². The molecule has 1 aromatic heterocycles. The molecule has 6 nitrogen and oxygen atoms in total. The second-order valence-electron chi connectivity index (χ2n) is 5.55. The largest absolute Gasteiger partial charge is 0.490 e. The van der Waals surface area contributed by atoms with Gasteiger partial charge in [0.25, 0.3) is 0 Å². The quantitative estimate of drug-likeness (QED) is 0.452. The Labute approximate surface area is 161 Å². The molecular weight excluding hydrogens is 396 g/mol. The number of anilines is 1. The summed E-state index contributed by atoms with van der Waals surface area (Å²) in [6.45, 7) is 5.02. The number of ether oxygens (including phenoxy) is 2. The molecular formula is C19H21BrN4O2. The van der Waals surface area contributed by atoms with Gasteiger partial charge in [0.15, 0.2) is 11.5 Å². The number of benzene rings is 2. The molecule has 0 spiro atoms. The lowest BCUT2D eigenvalue weighted by Gasteiger charge is -2.13. The molecule has 0 amide bonds. The normalized spacial score (nSPS) is 11.2. The molecule has 0 radical (unpaired) electrons. The number of fused-ring (bicyclic) bond motifs is 1. The third-order valence-electron chi connectivity index (χ3n) is 3.79. The van der Waals surface area contributed by atoms with Gasteiger partial charge in [0.1, 0.15) is 0 Å². The monoisotopic (exact) mass is 416 g/mol. The van der Waals surface area contributed by atoms with E-state index in [-0.39, 0.29) is 0 Å². The molecule has 7 heteroatoms. The zero-order chi connectivity index (χ0) is 18.5. The fourth-order valence-electron chi connectivity index (χ4n) is 2.62. The summed E-state index contributed by atoms with van der Waals surface area (Å²) in [5.74, 6) is 2.07. The van der Waals surface area contributed by atoms with E-state index in [9.17, 15) is 0 Å². The minimum Gasteiger partial charge on any atom is -0.490 e. The third-order valence-corrected chi connectivity index (χ3v) is 4.37. The van der Waals surface area contributed by atoms with Crippen LogP contribution in [0, 0.1) is 0 Å². The van der Waals surface area contributed by atoms with Crippen LogP contribution in [0.25, 0.3) is 11.0 Å². The first kappa shape index (κ1) is 18.3. The molecule has 1 N–H and O–H groups in total. The number of imidazole rings is 1. The first-order valence-electron chi connectivity index (χ1n) is 8.43. The number of hydrogen-bond acceptors (Lipinski definition) is 5. The van der Waals surface area contributed by atoms with Gasteiger partial charge in [-0.15, -0.1) is 0 Å². The molecule has 0 unspecified atom stereocenters. The molecule has 26 heavy (non-hydrogen) atoms. The lowest BCUT2D eigenvalue weighted by Crippen LogP contribution is -2.01. The van der Waals surface area contributed by atoms with Gasteiger partial charge in [-0.1, -0.05) is 12.1 Å². The van der Waals surface area contributed by atoms with E-state index in [0.717, 1.165) is 21.1 Å². The van der Waals surface area contributed by atoms with E-state index in [4.69, 9.17) is 9.47 Å². The number of para-hydroxylation sites is 2. The van der Waals surface area contributed by atoms with Crippen LogP contribution in [-0.2, 0) is 7.05 Å². The third kappa shape index (κ3) is 3.83. The number of aromatic nitrogens is 2. The van der Waals surface area contributed by atoms with Crippen molar-refractivity contribution in [1.29, 1.82) is 0 Å². The van der Waals surface area contributed by atoms with Crippen molar-refractivity contribution in [3.05, 3.63) is 46.4 Å². The van der Waals surface area contributed by atoms with E-state index in [1.807, 2.05) is 61.9 Å². The molecule has 1 heterocycles. The number of aryl methyl sites for hydroxylation is 1. The van der Waals surface area contributed by atoms with Crippen molar-refractivity contribution < 1.29 is 9.47 Å². The second-order valence-corrected chi connectivity index (χ2v) is 6.40. The highest BCUT2D eigenvalue weighted by Crippen LogP contribution is 2.36. The van der Waals surface area contributed by atoms with Gasteiger partial charge in [0, 0.05) is 7.05 Å². The highest BCUT2D eigenvalue weighted by molar-refractivity contribution is 9.10. The first-order chi connectivity index (χ1) is 12.6. The van der Waals surface area contributed by atoms with Gasteiger partial charge in [-0.2, -0.15) is 5.10 Å². The fraction of sp³-hybridized carbons (Fsp3) is 0.263. The molecule has 0 aliphatic rings. The van der Waals surface area contributed by atoms with E-state index < -0.39 is 0 Å². The summed E-state index contributed by atoms with van der Waals surface area (Å²) in [5.41, 5.74) is 5.85. The van der Waals surface area contributed by atoms with Crippen molar-refractivity contribution in [2.75, 3.05) is 18.6 Å². The van der Waals surface area contributed by atoms with Crippen LogP contribution in [0.5, 0.6) is 11.5 Å². The number of rotatable bonds is 7. The molecule has 0 saturated heterocycles. The predicted octanol–water partition coefficient (Wildman–Crippen LogP) is 4.58. The summed E-state index contributed by atoms with van der Waals surface area (Å²) in [5, 5.41) is 4.31. The molecule has 0 atom stereocenters. The number of hydrazone groups is 1. The summed E-state index contributed by atoms with van der Waals surface area (Å²) in [4.78, 5) is 4.53. The summed E-state index contributed by atoms with van der Waals surface area (Å²) in [6.07, 6.45) is 1.72. The summed E-state index contributed by atoms with van der Waals surface area (Å²) in [6, 6.07) is 11.8. The van der Waals surface area contributed by atoms with Crippen molar-refractivity contribution >= 4 is 39.1 Å². The molecule has 0 aliphatic carbocycles. The Kier molecular flexibility index (Phi) is 5.78. The molecule has 2 aromatic carbocycles. The Hall–Kier alpha value is -2.54. The van der Waals surface area contributed by atoms with Crippen LogP contribution in [0.3, 0.4) is 0 Å². The van der Waals surface area contributed by atoms with Crippen LogP contribution in [0.2, 0.25) is 0 Å². The van der Waals surface area contributed by atoms with E-state index in [1.165, 1.54) is 0 Å². The number of halogens is 1. The fourth-order valence-corrected chi connectivity index (χ4v) is 3.19. The van der Waals surface area contributed by atoms with Gasteiger partial charge in [0.2, 0.25) is 5.95 Å². The average molecular weight is 417 g/mol. The van der Waals surface area contributed by atoms with Crippen LogP contribution in [0.15, 0.2) is 46.0 Å². The topological polar surface area (TPSA) is 60.7 Å². The smallest absolute Gasteiger partial charge is 0.224 e. The Morgan fingerprint density at radius 3 is 2.69 bits per heavy atom. The van der Waals surface area contributed by atoms with Crippen LogP contribution in [-0.4, -0.2) is 29.0 Å². The maximum Gasteiger partial charge on any atom is 0.224 e. The van der Waals surface area contributed by atoms with Crippen LogP contribution < -0.4 is 14.9 Å². The van der Waals surface area contributed by atoms with Gasteiger partial charge in [-0.25, -0.2) is 10.4 Å². The molecule has 0 saturated carbocycles. The maximum atomic E-state index is 5.68. The zero-order valence-electron chi connectivity index (χ0n) is 15.0. The number of nitrogens with one attached hydrogen (secondary N) is 1. The number of hydrogen-bond donors (Lipinski definition) is 1. The number of nitrogens with zero attached hydrogens (tertiary/aromatic N) is 3. The highest BCUT2D eigenvalue weighted by Gasteiger charge is 2.11. The Morgan fingerprint density at radius 2 is 1.96 bits per heavy atom. The standard InChI is InChI=1S/C19H21BrN4O2/c1-4-25-17-11-13(10-14(20)18(17)26-5-2)12-21-23-19-22-15-8-6-7-9-16(15)24(19)3/h6-12H,4-5H2,1-3H3,(H,22,23)/b21-12-. The summed E-state index contributed by atoms with van der Waals surface area (Å²) in [7, 11) is 1.95. The van der Waals surface area contributed by atoms with E-state index in [2.05, 4.69) is 31.4 Å². The predicted molar refractivity (Wildman–Crippen MR) is 108 cm³/mol. The van der Waals surface area contributed by atoms with Crippen LogP contribution in [0.1, 0.15) is 19.4 Å². The molecule has 0 aliphatic heterocycles. The van der Waals surface area contributed by atoms with E-state index in [1.54, 1.807) is 6.21 Å². The minimum absolute atomic E-state index is 0.561. The van der Waals surface area contributed by atoms with Crippen LogP contribution >= 0.6 is 15.9 Å². The lowest BCUT2D eigenvalue weighted by atomic mass is 10.2. The average Bonchev–Trinajstić information content (AvgIpc) is 2.95. The SMILES string of the molecule is CCOc1cc(/C=N\Nc2nc3ccccc3n2C)cc(Br)c1OCC. The first-order valence-corrected chi connectivity index (χ1v) is 9.23. The molecule has 0 bridgehead atoms. The molecule has 3 rings (SSSR count). The van der Waals surface area contributed by atoms with Gasteiger partial charge < -0.3 is 14.0 Å². The minimum atomic E-state index is 0.561. The summed E-state index contributed by atoms with van der Waals surface area (Å²) >= 11 is 3.54. The Morgan fingerprint density at radius 1 is 1.19 bits per heavy atom. The Balaban J connectivity index is 1.82. The highest BCUT2D eigenvalue weighted by atomic mass is 79.9. The maximum absolute atomic E-state index is 5.68.